The smallest absolute Gasteiger partial charge is 0.303 e. The summed E-state index contributed by atoms with van der Waals surface area (Å²) in [5.74, 6) is -1.23. The lowest BCUT2D eigenvalue weighted by atomic mass is 10.0. The first-order valence-electron chi connectivity index (χ1n) is 7.94. The van der Waals surface area contributed by atoms with E-state index in [-0.39, 0.29) is 12.6 Å². The van der Waals surface area contributed by atoms with Gasteiger partial charge in [0.05, 0.1) is 25.5 Å². The van der Waals surface area contributed by atoms with E-state index in [9.17, 15) is 4.79 Å². The Morgan fingerprint density at radius 1 is 1.04 bits per heavy atom. The van der Waals surface area contributed by atoms with Crippen molar-refractivity contribution in [3.63, 3.8) is 0 Å². The van der Waals surface area contributed by atoms with E-state index in [0.717, 1.165) is 16.8 Å². The molecule has 0 amide bonds. The number of hydrogen-bond donors (Lipinski definition) is 0. The number of aromatic nitrogens is 1. The average Bonchev–Trinajstić information content (AvgIpc) is 2.63. The van der Waals surface area contributed by atoms with Crippen molar-refractivity contribution < 1.29 is 28.5 Å². The fourth-order valence-corrected chi connectivity index (χ4v) is 2.65. The van der Waals surface area contributed by atoms with Crippen LogP contribution in [0.25, 0.3) is 0 Å². The quantitative estimate of drug-likeness (QED) is 0.768. The fourth-order valence-electron chi connectivity index (χ4n) is 2.65. The molecule has 0 aliphatic carbocycles. The third-order valence-electron chi connectivity index (χ3n) is 3.96. The Labute approximate surface area is 141 Å². The molecule has 24 heavy (non-hydrogen) atoms. The second-order valence-electron chi connectivity index (χ2n) is 6.84. The van der Waals surface area contributed by atoms with Crippen LogP contribution in [0.4, 0.5) is 0 Å². The second-order valence-corrected chi connectivity index (χ2v) is 6.84. The summed E-state index contributed by atoms with van der Waals surface area (Å²) in [6.45, 7) is 9.85. The molecule has 2 aliphatic rings. The topological polar surface area (TPSA) is 76.1 Å². The average molecular weight is 337 g/mol. The number of carbonyl (C=O) groups excluding carboxylic acids is 1. The van der Waals surface area contributed by atoms with Crippen LogP contribution in [0.15, 0.2) is 0 Å². The molecule has 1 aromatic heterocycles. The van der Waals surface area contributed by atoms with Crippen LogP contribution in [-0.4, -0.2) is 22.5 Å². The van der Waals surface area contributed by atoms with E-state index in [1.54, 1.807) is 0 Å². The zero-order chi connectivity index (χ0) is 17.5. The number of esters is 1. The molecule has 3 rings (SSSR count). The molecule has 1 aromatic rings. The van der Waals surface area contributed by atoms with Crippen LogP contribution < -0.4 is 4.74 Å². The van der Waals surface area contributed by atoms with Gasteiger partial charge in [-0.3, -0.25) is 4.79 Å². The molecule has 0 aromatic carbocycles. The summed E-state index contributed by atoms with van der Waals surface area (Å²) in [5.41, 5.74) is 3.12. The van der Waals surface area contributed by atoms with E-state index in [2.05, 4.69) is 4.98 Å². The van der Waals surface area contributed by atoms with Gasteiger partial charge in [0.15, 0.2) is 11.5 Å². The van der Waals surface area contributed by atoms with Crippen molar-refractivity contribution in [1.29, 1.82) is 0 Å². The van der Waals surface area contributed by atoms with Crippen molar-refractivity contribution in [1.82, 2.24) is 4.98 Å². The summed E-state index contributed by atoms with van der Waals surface area (Å²) < 4.78 is 28.4. The minimum absolute atomic E-state index is 0.0469. The Bertz CT molecular complexity index is 668. The highest BCUT2D eigenvalue weighted by Crippen LogP contribution is 2.39. The van der Waals surface area contributed by atoms with Crippen LogP contribution in [-0.2, 0) is 50.2 Å². The largest absolute Gasteiger partial charge is 0.461 e. The second kappa shape index (κ2) is 5.98. The van der Waals surface area contributed by atoms with E-state index in [0.29, 0.717) is 31.3 Å². The zero-order valence-electron chi connectivity index (χ0n) is 14.7. The Morgan fingerprint density at radius 2 is 1.67 bits per heavy atom. The minimum atomic E-state index is -0.769. The van der Waals surface area contributed by atoms with E-state index in [1.807, 2.05) is 27.7 Å². The molecule has 3 heterocycles. The van der Waals surface area contributed by atoms with Crippen molar-refractivity contribution >= 4 is 5.97 Å². The summed E-state index contributed by atoms with van der Waals surface area (Å²) in [6, 6.07) is 0. The third kappa shape index (κ3) is 3.53. The molecule has 0 radical (unpaired) electrons. The molecule has 132 valence electrons. The fraction of sp³-hybridized carbons (Fsp3) is 0.647. The lowest BCUT2D eigenvalue weighted by Crippen LogP contribution is -2.37. The molecule has 0 bridgehead atoms. The molecule has 0 atom stereocenters. The number of fused-ring (bicyclic) bond motifs is 3. The maximum Gasteiger partial charge on any atom is 0.303 e. The molecule has 0 unspecified atom stereocenters. The summed E-state index contributed by atoms with van der Waals surface area (Å²) in [6.07, 6.45) is 0. The number of nitrogens with zero attached hydrogens (tertiary/aromatic N) is 1. The van der Waals surface area contributed by atoms with Crippen molar-refractivity contribution in [2.75, 3.05) is 0 Å². The van der Waals surface area contributed by atoms with Gasteiger partial charge in [0.1, 0.15) is 12.3 Å². The van der Waals surface area contributed by atoms with Gasteiger partial charge in [-0.05, 0) is 13.8 Å². The number of hydrogen-bond acceptors (Lipinski definition) is 7. The predicted molar refractivity (Wildman–Crippen MR) is 82.9 cm³/mol. The molecule has 0 N–H and O–H groups in total. The van der Waals surface area contributed by atoms with Gasteiger partial charge in [0.25, 0.3) is 0 Å². The lowest BCUT2D eigenvalue weighted by Gasteiger charge is -2.34. The van der Waals surface area contributed by atoms with E-state index in [4.69, 9.17) is 23.7 Å². The van der Waals surface area contributed by atoms with Crippen LogP contribution in [0.3, 0.4) is 0 Å². The highest BCUT2D eigenvalue weighted by molar-refractivity contribution is 5.66. The monoisotopic (exact) mass is 337 g/mol. The molecule has 0 spiro atoms. The maximum absolute atomic E-state index is 11.2. The summed E-state index contributed by atoms with van der Waals surface area (Å²) in [5, 5.41) is 0. The first kappa shape index (κ1) is 17.1. The SMILES string of the molecule is CC(=O)OCc1nc2c(c3c1OC(C)(C)OC3)COC(C)(C)OC2. The predicted octanol–water partition coefficient (Wildman–Crippen LogP) is 2.57. The van der Waals surface area contributed by atoms with E-state index in [1.165, 1.54) is 6.92 Å². The Kier molecular flexibility index (Phi) is 4.27. The summed E-state index contributed by atoms with van der Waals surface area (Å²) in [7, 11) is 0. The van der Waals surface area contributed by atoms with Crippen molar-refractivity contribution in [3.8, 4) is 5.75 Å². The number of rotatable bonds is 2. The Balaban J connectivity index is 2.04. The summed E-state index contributed by atoms with van der Waals surface area (Å²) >= 11 is 0. The highest BCUT2D eigenvalue weighted by Gasteiger charge is 2.35. The summed E-state index contributed by atoms with van der Waals surface area (Å²) in [4.78, 5) is 15.8. The number of carbonyl (C=O) groups is 1. The molecule has 0 fully saturated rings. The van der Waals surface area contributed by atoms with Crippen LogP contribution in [0.2, 0.25) is 0 Å². The highest BCUT2D eigenvalue weighted by atomic mass is 16.7. The van der Waals surface area contributed by atoms with Crippen molar-refractivity contribution in [3.05, 3.63) is 22.5 Å². The normalized spacial score (nSPS) is 21.0. The first-order valence-corrected chi connectivity index (χ1v) is 7.94. The van der Waals surface area contributed by atoms with Gasteiger partial charge in [-0.1, -0.05) is 0 Å². The van der Waals surface area contributed by atoms with Crippen molar-refractivity contribution in [2.45, 2.75) is 72.6 Å². The van der Waals surface area contributed by atoms with Crippen LogP contribution in [0.5, 0.6) is 5.75 Å². The number of ether oxygens (including phenoxy) is 5. The third-order valence-corrected chi connectivity index (χ3v) is 3.96. The van der Waals surface area contributed by atoms with Gasteiger partial charge in [0.2, 0.25) is 5.79 Å². The first-order chi connectivity index (χ1) is 11.2. The molecular weight excluding hydrogens is 314 g/mol. The Hall–Kier alpha value is -1.70. The van der Waals surface area contributed by atoms with Gasteiger partial charge in [0, 0.05) is 31.9 Å². The molecule has 0 saturated heterocycles. The van der Waals surface area contributed by atoms with E-state index < -0.39 is 11.6 Å². The molecular formula is C17H23NO6. The molecule has 0 saturated carbocycles. The minimum Gasteiger partial charge on any atom is -0.461 e. The molecule has 7 nitrogen and oxygen atoms in total. The standard InChI is InChI=1S/C17H23NO6/c1-10(19)20-8-14-15-12(7-22-17(4,5)24-15)11-6-21-16(2,3)23-9-13(11)18-14/h6-9H2,1-5H3. The van der Waals surface area contributed by atoms with Gasteiger partial charge in [-0.15, -0.1) is 0 Å². The van der Waals surface area contributed by atoms with Crippen LogP contribution in [0.1, 0.15) is 57.1 Å². The molecule has 2 aliphatic heterocycles. The lowest BCUT2D eigenvalue weighted by molar-refractivity contribution is -0.220. The van der Waals surface area contributed by atoms with Gasteiger partial charge in [-0.2, -0.15) is 0 Å². The van der Waals surface area contributed by atoms with Crippen LogP contribution >= 0.6 is 0 Å². The van der Waals surface area contributed by atoms with Gasteiger partial charge in [-0.25, -0.2) is 4.98 Å². The zero-order valence-corrected chi connectivity index (χ0v) is 14.7. The van der Waals surface area contributed by atoms with Crippen molar-refractivity contribution in [2.24, 2.45) is 0 Å². The maximum atomic E-state index is 11.2. The van der Waals surface area contributed by atoms with Gasteiger partial charge >= 0.3 is 5.97 Å². The molecule has 7 heteroatoms. The van der Waals surface area contributed by atoms with Crippen LogP contribution in [0, 0.1) is 0 Å². The van der Waals surface area contributed by atoms with E-state index >= 15 is 0 Å². The van der Waals surface area contributed by atoms with Gasteiger partial charge < -0.3 is 23.7 Å². The Morgan fingerprint density at radius 3 is 2.38 bits per heavy atom. The number of pyridine rings is 1.